The molecule has 0 radical (unpaired) electrons. The summed E-state index contributed by atoms with van der Waals surface area (Å²) >= 11 is 0.917. The number of hydrogen-bond donors (Lipinski definition) is 3. The molecule has 16 heavy (non-hydrogen) atoms. The molecule has 0 aliphatic carbocycles. The minimum absolute atomic E-state index is 0.0807. The molecule has 1 aromatic heterocycles. The zero-order chi connectivity index (χ0) is 12.1. The van der Waals surface area contributed by atoms with Gasteiger partial charge in [-0.25, -0.2) is 5.10 Å². The van der Waals surface area contributed by atoms with Crippen molar-refractivity contribution >= 4 is 16.9 Å². The Morgan fingerprint density at radius 1 is 1.56 bits per heavy atom. The Balaban J connectivity index is 2.62. The van der Waals surface area contributed by atoms with Gasteiger partial charge in [0, 0.05) is 18.7 Å². The van der Waals surface area contributed by atoms with Crippen LogP contribution in [0.5, 0.6) is 0 Å². The van der Waals surface area contributed by atoms with E-state index in [1.807, 2.05) is 0 Å². The summed E-state index contributed by atoms with van der Waals surface area (Å²) in [6, 6.07) is 2.53. The molecule has 0 aromatic carbocycles. The van der Waals surface area contributed by atoms with Crippen molar-refractivity contribution in [2.75, 3.05) is 5.75 Å². The van der Waals surface area contributed by atoms with Crippen molar-refractivity contribution in [3.63, 3.8) is 0 Å². The predicted molar refractivity (Wildman–Crippen MR) is 59.0 cm³/mol. The average Bonchev–Trinajstić information content (AvgIpc) is 2.26. The van der Waals surface area contributed by atoms with Crippen LogP contribution in [0.3, 0.4) is 0 Å². The summed E-state index contributed by atoms with van der Waals surface area (Å²) in [6.45, 7) is 1.38. The number of thioether (sulfide) groups is 1. The van der Waals surface area contributed by atoms with Gasteiger partial charge in [0.2, 0.25) is 0 Å². The number of rotatable bonds is 4. The van der Waals surface area contributed by atoms with Gasteiger partial charge in [0.25, 0.3) is 5.56 Å². The molecule has 0 saturated heterocycles. The summed E-state index contributed by atoms with van der Waals surface area (Å²) in [5, 5.41) is 24.8. The molecule has 2 atom stereocenters. The van der Waals surface area contributed by atoms with E-state index in [-0.39, 0.29) is 22.1 Å². The molecule has 88 valence electrons. The molecule has 1 aromatic rings. The molecular formula is C9H12N2O4S. The number of aromatic amines is 1. The Labute approximate surface area is 95.7 Å². The highest BCUT2D eigenvalue weighted by atomic mass is 32.2. The fraction of sp³-hybridized carbons (Fsp3) is 0.444. The highest BCUT2D eigenvalue weighted by Gasteiger charge is 2.20. The number of aliphatic hydroxyl groups is 2. The van der Waals surface area contributed by atoms with Crippen molar-refractivity contribution in [2.45, 2.75) is 19.1 Å². The van der Waals surface area contributed by atoms with Gasteiger partial charge in [0.05, 0.1) is 11.8 Å². The Morgan fingerprint density at radius 3 is 2.75 bits per heavy atom. The molecule has 0 saturated carbocycles. The van der Waals surface area contributed by atoms with Crippen LogP contribution >= 0.6 is 11.8 Å². The molecular weight excluding hydrogens is 232 g/mol. The molecule has 0 bridgehead atoms. The zero-order valence-corrected chi connectivity index (χ0v) is 9.40. The number of H-pyrrole nitrogens is 1. The van der Waals surface area contributed by atoms with Crippen LogP contribution < -0.4 is 5.56 Å². The Bertz CT molecular complexity index is 400. The van der Waals surface area contributed by atoms with E-state index in [9.17, 15) is 19.8 Å². The first-order chi connectivity index (χ1) is 7.50. The maximum atomic E-state index is 10.7. The molecule has 0 aliphatic rings. The number of aromatic nitrogens is 2. The van der Waals surface area contributed by atoms with Gasteiger partial charge in [-0.2, -0.15) is 5.10 Å². The van der Waals surface area contributed by atoms with Crippen molar-refractivity contribution in [3.8, 4) is 0 Å². The summed E-state index contributed by atoms with van der Waals surface area (Å²) in [5.41, 5.74) is -0.222. The van der Waals surface area contributed by atoms with Crippen LogP contribution in [-0.4, -0.2) is 37.4 Å². The van der Waals surface area contributed by atoms with Crippen molar-refractivity contribution in [1.29, 1.82) is 0 Å². The average molecular weight is 244 g/mol. The van der Waals surface area contributed by atoms with E-state index < -0.39 is 12.2 Å². The minimum atomic E-state index is -1.22. The number of nitrogens with zero attached hydrogens (tertiary/aromatic N) is 1. The standard InChI is InChI=1S/C9H12N2O4S/c1-5(12)16-4-7(13)9(15)6-2-3-8(14)11-10-6/h2-3,7,9,13,15H,4H2,1H3,(H,11,14). The van der Waals surface area contributed by atoms with Crippen LogP contribution in [0.2, 0.25) is 0 Å². The number of nitrogens with one attached hydrogen (secondary N) is 1. The van der Waals surface area contributed by atoms with Crippen molar-refractivity contribution in [3.05, 3.63) is 28.2 Å². The number of aliphatic hydroxyl groups excluding tert-OH is 2. The molecule has 0 spiro atoms. The Morgan fingerprint density at radius 2 is 2.25 bits per heavy atom. The highest BCUT2D eigenvalue weighted by Crippen LogP contribution is 2.16. The van der Waals surface area contributed by atoms with Gasteiger partial charge < -0.3 is 10.2 Å². The van der Waals surface area contributed by atoms with Crippen LogP contribution in [0.15, 0.2) is 16.9 Å². The van der Waals surface area contributed by atoms with E-state index in [4.69, 9.17) is 0 Å². The molecule has 2 unspecified atom stereocenters. The number of hydrogen-bond acceptors (Lipinski definition) is 6. The molecule has 1 heterocycles. The zero-order valence-electron chi connectivity index (χ0n) is 8.58. The topological polar surface area (TPSA) is 103 Å². The lowest BCUT2D eigenvalue weighted by Gasteiger charge is -2.15. The molecule has 0 fully saturated rings. The third-order valence-electron chi connectivity index (χ3n) is 1.83. The fourth-order valence-corrected chi connectivity index (χ4v) is 1.60. The monoisotopic (exact) mass is 244 g/mol. The second-order valence-electron chi connectivity index (χ2n) is 3.16. The van der Waals surface area contributed by atoms with E-state index in [2.05, 4.69) is 10.2 Å². The summed E-state index contributed by atoms with van der Waals surface area (Å²) in [4.78, 5) is 21.4. The highest BCUT2D eigenvalue weighted by molar-refractivity contribution is 8.13. The summed E-state index contributed by atoms with van der Waals surface area (Å²) in [6.07, 6.45) is -2.32. The molecule has 1 rings (SSSR count). The van der Waals surface area contributed by atoms with Crippen LogP contribution in [0.25, 0.3) is 0 Å². The molecule has 0 amide bonds. The summed E-state index contributed by atoms with van der Waals surface area (Å²) in [5.74, 6) is 0.0807. The van der Waals surface area contributed by atoms with Crippen LogP contribution in [0.1, 0.15) is 18.7 Å². The van der Waals surface area contributed by atoms with E-state index >= 15 is 0 Å². The fourth-order valence-electron chi connectivity index (χ4n) is 1.01. The molecule has 6 nitrogen and oxygen atoms in total. The number of carbonyl (C=O) groups excluding carboxylic acids is 1. The second-order valence-corrected chi connectivity index (χ2v) is 4.36. The first-order valence-electron chi connectivity index (χ1n) is 4.56. The van der Waals surface area contributed by atoms with Gasteiger partial charge in [-0.15, -0.1) is 0 Å². The number of carbonyl (C=O) groups is 1. The quantitative estimate of drug-likeness (QED) is 0.656. The van der Waals surface area contributed by atoms with Gasteiger partial charge in [0.15, 0.2) is 5.12 Å². The van der Waals surface area contributed by atoms with E-state index in [0.717, 1.165) is 11.8 Å². The predicted octanol–water partition coefficient (Wildman–Crippen LogP) is -0.556. The summed E-state index contributed by atoms with van der Waals surface area (Å²) < 4.78 is 0. The van der Waals surface area contributed by atoms with Gasteiger partial charge >= 0.3 is 0 Å². The second kappa shape index (κ2) is 5.78. The minimum Gasteiger partial charge on any atom is -0.389 e. The van der Waals surface area contributed by atoms with Crippen LogP contribution in [0, 0.1) is 0 Å². The van der Waals surface area contributed by atoms with Gasteiger partial charge in [-0.05, 0) is 6.07 Å². The van der Waals surface area contributed by atoms with E-state index in [0.29, 0.717) is 0 Å². The third-order valence-corrected chi connectivity index (χ3v) is 2.74. The largest absolute Gasteiger partial charge is 0.389 e. The lowest BCUT2D eigenvalue weighted by Crippen LogP contribution is -2.23. The maximum Gasteiger partial charge on any atom is 0.264 e. The van der Waals surface area contributed by atoms with Gasteiger partial charge in [-0.3, -0.25) is 9.59 Å². The maximum absolute atomic E-state index is 10.7. The van der Waals surface area contributed by atoms with Crippen LogP contribution in [-0.2, 0) is 4.79 Å². The molecule has 3 N–H and O–H groups in total. The smallest absolute Gasteiger partial charge is 0.264 e. The van der Waals surface area contributed by atoms with E-state index in [1.165, 1.54) is 19.1 Å². The van der Waals surface area contributed by atoms with Crippen LogP contribution in [0.4, 0.5) is 0 Å². The Hall–Kier alpha value is -1.18. The first-order valence-corrected chi connectivity index (χ1v) is 5.54. The van der Waals surface area contributed by atoms with Crippen molar-refractivity contribution in [2.24, 2.45) is 0 Å². The van der Waals surface area contributed by atoms with E-state index in [1.54, 1.807) is 0 Å². The lowest BCUT2D eigenvalue weighted by molar-refractivity contribution is -0.109. The SMILES string of the molecule is CC(=O)SCC(O)C(O)c1ccc(=O)[nH]n1. The molecule has 7 heteroatoms. The molecule has 0 aliphatic heterocycles. The van der Waals surface area contributed by atoms with Gasteiger partial charge in [-0.1, -0.05) is 11.8 Å². The van der Waals surface area contributed by atoms with Gasteiger partial charge in [0.1, 0.15) is 6.10 Å². The Kier molecular flexibility index (Phi) is 4.66. The van der Waals surface area contributed by atoms with Crippen molar-refractivity contribution < 1.29 is 15.0 Å². The first kappa shape index (κ1) is 12.9. The normalized spacial score (nSPS) is 14.4. The van der Waals surface area contributed by atoms with Crippen molar-refractivity contribution in [1.82, 2.24) is 10.2 Å². The third kappa shape index (κ3) is 3.76. The lowest BCUT2D eigenvalue weighted by atomic mass is 10.1. The summed E-state index contributed by atoms with van der Waals surface area (Å²) in [7, 11) is 0.